The fraction of sp³-hybridized carbons (Fsp3) is 0.182. The Morgan fingerprint density at radius 3 is 2.00 bits per heavy atom. The van der Waals surface area contributed by atoms with Crippen LogP contribution in [0.1, 0.15) is 35.1 Å². The minimum absolute atomic E-state index is 0.00885. The highest BCUT2D eigenvalue weighted by molar-refractivity contribution is 5.46. The van der Waals surface area contributed by atoms with E-state index in [1.54, 1.807) is 0 Å². The van der Waals surface area contributed by atoms with E-state index in [-0.39, 0.29) is 5.92 Å². The molecule has 0 N–H and O–H groups in total. The molecule has 0 aromatic heterocycles. The Balaban J connectivity index is 1.78. The Morgan fingerprint density at radius 2 is 1.28 bits per heavy atom. The van der Waals surface area contributed by atoms with Gasteiger partial charge in [-0.05, 0) is 5.56 Å². The number of ether oxygens (including phenoxy) is 1. The highest BCUT2D eigenvalue weighted by Gasteiger charge is 2.63. The Morgan fingerprint density at radius 1 is 0.680 bits per heavy atom. The Hall–Kier alpha value is -2.46. The number of hydrogen-bond donors (Lipinski definition) is 0. The fourth-order valence-corrected chi connectivity index (χ4v) is 3.96. The minimum atomic E-state index is -1.06. The predicted octanol–water partition coefficient (Wildman–Crippen LogP) is 4.84. The van der Waals surface area contributed by atoms with Gasteiger partial charge in [0.15, 0.2) is 0 Å². The molecule has 124 valence electrons. The highest BCUT2D eigenvalue weighted by Crippen LogP contribution is 2.60. The molecule has 0 spiro atoms. The number of fused-ring (bicyclic) bond motifs is 4. The van der Waals surface area contributed by atoms with Crippen LogP contribution >= 0.6 is 0 Å². The van der Waals surface area contributed by atoms with Crippen LogP contribution in [0.5, 0.6) is 0 Å². The van der Waals surface area contributed by atoms with Gasteiger partial charge in [0.1, 0.15) is 0 Å². The fourth-order valence-electron chi connectivity index (χ4n) is 3.96. The Bertz CT molecular complexity index is 909. The maximum absolute atomic E-state index is 6.64. The van der Waals surface area contributed by atoms with Gasteiger partial charge in [0.2, 0.25) is 5.79 Å². The molecule has 0 amide bonds. The molecule has 2 aliphatic heterocycles. The smallest absolute Gasteiger partial charge is 0.257 e. The molecule has 1 fully saturated rings. The van der Waals surface area contributed by atoms with E-state index in [1.165, 1.54) is 5.56 Å². The maximum Gasteiger partial charge on any atom is 0.257 e. The van der Waals surface area contributed by atoms with E-state index >= 15 is 0 Å². The van der Waals surface area contributed by atoms with Crippen LogP contribution in [0.4, 0.5) is 0 Å². The second-order valence-corrected chi connectivity index (χ2v) is 6.59. The molecule has 0 aliphatic carbocycles. The summed E-state index contributed by atoms with van der Waals surface area (Å²) >= 11 is 0. The summed E-state index contributed by atoms with van der Waals surface area (Å²) in [5.74, 6) is -2.03. The molecule has 0 saturated carbocycles. The standard InChI is InChI=1S/C22H18O3/c1-16-19-14-8-9-15-20(19)22(18-12-6-3-7-13-18)23-21(16,24-25-22)17-10-4-2-5-11-17/h2-16H,1H3. The first kappa shape index (κ1) is 14.8. The van der Waals surface area contributed by atoms with Gasteiger partial charge in [-0.15, -0.1) is 0 Å². The van der Waals surface area contributed by atoms with Crippen LogP contribution in [0, 0.1) is 0 Å². The molecule has 0 radical (unpaired) electrons. The summed E-state index contributed by atoms with van der Waals surface area (Å²) in [6, 6.07) is 28.3. The third-order valence-corrected chi connectivity index (χ3v) is 5.26. The number of rotatable bonds is 2. The average Bonchev–Trinajstić information content (AvgIpc) is 3.08. The van der Waals surface area contributed by atoms with E-state index in [4.69, 9.17) is 14.5 Å². The number of hydrogen-bond acceptors (Lipinski definition) is 3. The molecule has 2 heterocycles. The van der Waals surface area contributed by atoms with Gasteiger partial charge < -0.3 is 0 Å². The largest absolute Gasteiger partial charge is 0.300 e. The van der Waals surface area contributed by atoms with E-state index in [2.05, 4.69) is 25.1 Å². The van der Waals surface area contributed by atoms with Crippen LogP contribution in [-0.2, 0) is 26.1 Å². The van der Waals surface area contributed by atoms with Gasteiger partial charge in [0.25, 0.3) is 5.79 Å². The van der Waals surface area contributed by atoms with Crippen molar-refractivity contribution in [2.45, 2.75) is 24.4 Å². The van der Waals surface area contributed by atoms with Crippen molar-refractivity contribution in [3.05, 3.63) is 107 Å². The summed E-state index contributed by atoms with van der Waals surface area (Å²) in [4.78, 5) is 12.0. The molecule has 3 nitrogen and oxygen atoms in total. The molecule has 25 heavy (non-hydrogen) atoms. The van der Waals surface area contributed by atoms with Crippen molar-refractivity contribution in [1.29, 1.82) is 0 Å². The van der Waals surface area contributed by atoms with Crippen molar-refractivity contribution in [2.75, 3.05) is 0 Å². The van der Waals surface area contributed by atoms with Crippen molar-refractivity contribution < 1.29 is 14.5 Å². The molecule has 5 rings (SSSR count). The SMILES string of the molecule is CC1c2ccccc2C2(c3ccccc3)OOC1(c1ccccc1)O2. The molecule has 3 aromatic rings. The molecule has 2 aliphatic rings. The topological polar surface area (TPSA) is 27.7 Å². The molecule has 2 bridgehead atoms. The first-order valence-electron chi connectivity index (χ1n) is 8.54. The molecular formula is C22H18O3. The van der Waals surface area contributed by atoms with Gasteiger partial charge >= 0.3 is 0 Å². The first-order chi connectivity index (χ1) is 12.3. The zero-order valence-corrected chi connectivity index (χ0v) is 13.9. The van der Waals surface area contributed by atoms with Crippen molar-refractivity contribution in [2.24, 2.45) is 0 Å². The summed E-state index contributed by atoms with van der Waals surface area (Å²) in [5.41, 5.74) is 4.05. The molecule has 3 heteroatoms. The summed E-state index contributed by atoms with van der Waals surface area (Å²) < 4.78 is 6.64. The van der Waals surface area contributed by atoms with E-state index in [9.17, 15) is 0 Å². The Labute approximate surface area is 146 Å². The van der Waals surface area contributed by atoms with E-state index in [1.807, 2.05) is 66.7 Å². The zero-order valence-electron chi connectivity index (χ0n) is 13.9. The van der Waals surface area contributed by atoms with Crippen molar-refractivity contribution in [1.82, 2.24) is 0 Å². The summed E-state index contributed by atoms with van der Waals surface area (Å²) in [5, 5.41) is 0. The third kappa shape index (κ3) is 1.91. The highest BCUT2D eigenvalue weighted by atomic mass is 17.3. The summed E-state index contributed by atoms with van der Waals surface area (Å²) in [6.45, 7) is 2.12. The van der Waals surface area contributed by atoms with Crippen molar-refractivity contribution in [3.8, 4) is 0 Å². The normalized spacial score (nSPS) is 30.0. The molecule has 3 aromatic carbocycles. The zero-order chi connectivity index (χ0) is 16.9. The van der Waals surface area contributed by atoms with Gasteiger partial charge in [0.05, 0.1) is 0 Å². The summed E-state index contributed by atoms with van der Waals surface area (Å²) in [7, 11) is 0. The lowest BCUT2D eigenvalue weighted by Crippen LogP contribution is -2.43. The van der Waals surface area contributed by atoms with Gasteiger partial charge in [-0.3, -0.25) is 4.74 Å². The quantitative estimate of drug-likeness (QED) is 0.630. The van der Waals surface area contributed by atoms with Gasteiger partial charge in [-0.2, -0.15) is 9.78 Å². The predicted molar refractivity (Wildman–Crippen MR) is 93.5 cm³/mol. The lowest BCUT2D eigenvalue weighted by atomic mass is 9.78. The maximum atomic E-state index is 6.64. The lowest BCUT2D eigenvalue weighted by Gasteiger charge is -2.40. The van der Waals surface area contributed by atoms with E-state index in [0.717, 1.165) is 16.7 Å². The van der Waals surface area contributed by atoms with Crippen LogP contribution in [0.3, 0.4) is 0 Å². The summed E-state index contributed by atoms with van der Waals surface area (Å²) in [6.07, 6.45) is 0. The Kier molecular flexibility index (Phi) is 3.13. The average molecular weight is 330 g/mol. The third-order valence-electron chi connectivity index (χ3n) is 5.26. The van der Waals surface area contributed by atoms with Crippen molar-refractivity contribution in [3.63, 3.8) is 0 Å². The van der Waals surface area contributed by atoms with Crippen molar-refractivity contribution >= 4 is 0 Å². The lowest BCUT2D eigenvalue weighted by molar-refractivity contribution is -0.350. The van der Waals surface area contributed by atoms with E-state index in [0.29, 0.717) is 0 Å². The molecule has 3 unspecified atom stereocenters. The first-order valence-corrected chi connectivity index (χ1v) is 8.54. The van der Waals surface area contributed by atoms with Crippen LogP contribution < -0.4 is 0 Å². The molecular weight excluding hydrogens is 312 g/mol. The van der Waals surface area contributed by atoms with Crippen LogP contribution in [0.2, 0.25) is 0 Å². The number of benzene rings is 3. The van der Waals surface area contributed by atoms with Gasteiger partial charge in [-0.25, -0.2) is 0 Å². The molecule has 1 saturated heterocycles. The van der Waals surface area contributed by atoms with Crippen LogP contribution in [-0.4, -0.2) is 0 Å². The second-order valence-electron chi connectivity index (χ2n) is 6.59. The monoisotopic (exact) mass is 330 g/mol. The van der Waals surface area contributed by atoms with Gasteiger partial charge in [0, 0.05) is 22.6 Å². The van der Waals surface area contributed by atoms with Crippen LogP contribution in [0.15, 0.2) is 84.9 Å². The minimum Gasteiger partial charge on any atom is -0.300 e. The molecule has 3 atom stereocenters. The van der Waals surface area contributed by atoms with E-state index < -0.39 is 11.6 Å². The second kappa shape index (κ2) is 5.27. The van der Waals surface area contributed by atoms with Gasteiger partial charge in [-0.1, -0.05) is 91.9 Å². The van der Waals surface area contributed by atoms with Crippen LogP contribution in [0.25, 0.3) is 0 Å².